The van der Waals surface area contributed by atoms with Crippen molar-refractivity contribution >= 4 is 32.7 Å². The SMILES string of the molecule is C=CCNC(=O)N(CC1CCCO1)c1nc2ccc(OC(F)(F)F)cc2s1. The third kappa shape index (κ3) is 5.10. The van der Waals surface area contributed by atoms with Crippen molar-refractivity contribution in [1.82, 2.24) is 10.3 Å². The summed E-state index contributed by atoms with van der Waals surface area (Å²) in [7, 11) is 0. The fourth-order valence-electron chi connectivity index (χ4n) is 2.70. The molecular formula is C17H18F3N3O3S. The molecule has 1 aromatic heterocycles. The number of amides is 2. The molecule has 1 fully saturated rings. The summed E-state index contributed by atoms with van der Waals surface area (Å²) in [5.41, 5.74) is 0.485. The largest absolute Gasteiger partial charge is 0.573 e. The lowest BCUT2D eigenvalue weighted by Gasteiger charge is -2.23. The van der Waals surface area contributed by atoms with E-state index < -0.39 is 6.36 Å². The van der Waals surface area contributed by atoms with Crippen LogP contribution in [0.15, 0.2) is 30.9 Å². The second-order valence-electron chi connectivity index (χ2n) is 5.89. The molecule has 2 aromatic rings. The standard InChI is InChI=1S/C17H18F3N3O3S/c1-2-7-21-15(24)23(10-12-4-3-8-25-12)16-22-13-6-5-11(9-14(13)27-16)26-17(18,19)20/h2,5-6,9,12H,1,3-4,7-8,10H2,(H,21,24). The Kier molecular flexibility index (Phi) is 5.85. The predicted octanol–water partition coefficient (Wildman–Crippen LogP) is 4.08. The highest BCUT2D eigenvalue weighted by Gasteiger charge is 2.31. The van der Waals surface area contributed by atoms with E-state index in [-0.39, 0.29) is 24.4 Å². The van der Waals surface area contributed by atoms with Crippen LogP contribution in [0.25, 0.3) is 10.2 Å². The van der Waals surface area contributed by atoms with Crippen LogP contribution in [-0.4, -0.2) is 43.2 Å². The molecule has 27 heavy (non-hydrogen) atoms. The van der Waals surface area contributed by atoms with Gasteiger partial charge in [0.2, 0.25) is 0 Å². The lowest BCUT2D eigenvalue weighted by molar-refractivity contribution is -0.274. The Morgan fingerprint density at radius 2 is 2.33 bits per heavy atom. The Balaban J connectivity index is 1.86. The van der Waals surface area contributed by atoms with Gasteiger partial charge in [0.1, 0.15) is 5.75 Å². The maximum atomic E-state index is 12.5. The van der Waals surface area contributed by atoms with Crippen molar-refractivity contribution in [3.8, 4) is 5.75 Å². The molecule has 2 heterocycles. The Bertz CT molecular complexity index is 819. The topological polar surface area (TPSA) is 63.7 Å². The van der Waals surface area contributed by atoms with Gasteiger partial charge in [-0.3, -0.25) is 4.90 Å². The fourth-order valence-corrected chi connectivity index (χ4v) is 3.70. The molecule has 0 radical (unpaired) electrons. The van der Waals surface area contributed by atoms with E-state index in [1.807, 2.05) is 0 Å². The van der Waals surface area contributed by atoms with Crippen LogP contribution in [0.3, 0.4) is 0 Å². The summed E-state index contributed by atoms with van der Waals surface area (Å²) in [5.74, 6) is -0.327. The minimum absolute atomic E-state index is 0.101. The van der Waals surface area contributed by atoms with Crippen molar-refractivity contribution in [2.75, 3.05) is 24.6 Å². The number of urea groups is 1. The van der Waals surface area contributed by atoms with Crippen LogP contribution in [0.2, 0.25) is 0 Å². The number of fused-ring (bicyclic) bond motifs is 1. The average molecular weight is 401 g/mol. The van der Waals surface area contributed by atoms with Gasteiger partial charge < -0.3 is 14.8 Å². The van der Waals surface area contributed by atoms with Crippen molar-refractivity contribution in [2.45, 2.75) is 25.3 Å². The first-order valence-corrected chi connectivity index (χ1v) is 9.11. The number of aromatic nitrogens is 1. The number of nitrogens with one attached hydrogen (secondary N) is 1. The van der Waals surface area contributed by atoms with Crippen LogP contribution in [0, 0.1) is 0 Å². The number of thiazole rings is 1. The maximum Gasteiger partial charge on any atom is 0.573 e. The number of hydrogen-bond donors (Lipinski definition) is 1. The summed E-state index contributed by atoms with van der Waals surface area (Å²) in [6.07, 6.45) is -1.56. The van der Waals surface area contributed by atoms with Crippen molar-refractivity contribution in [3.05, 3.63) is 30.9 Å². The molecule has 1 N–H and O–H groups in total. The Hall–Kier alpha value is -2.33. The highest BCUT2D eigenvalue weighted by Crippen LogP contribution is 2.33. The molecular weight excluding hydrogens is 383 g/mol. The van der Waals surface area contributed by atoms with Crippen LogP contribution in [0.1, 0.15) is 12.8 Å². The third-order valence-electron chi connectivity index (χ3n) is 3.87. The van der Waals surface area contributed by atoms with E-state index in [1.165, 1.54) is 23.1 Å². The van der Waals surface area contributed by atoms with Gasteiger partial charge in [-0.1, -0.05) is 17.4 Å². The summed E-state index contributed by atoms with van der Waals surface area (Å²) < 4.78 is 47.3. The first-order valence-electron chi connectivity index (χ1n) is 8.30. The second-order valence-corrected chi connectivity index (χ2v) is 6.90. The Morgan fingerprint density at radius 1 is 1.52 bits per heavy atom. The average Bonchev–Trinajstić information content (AvgIpc) is 3.24. The number of alkyl halides is 3. The molecule has 1 aliphatic rings. The first-order chi connectivity index (χ1) is 12.9. The molecule has 1 aliphatic heterocycles. The Labute approximate surface area is 157 Å². The number of halogens is 3. The normalized spacial score (nSPS) is 17.1. The van der Waals surface area contributed by atoms with Gasteiger partial charge in [0.25, 0.3) is 0 Å². The molecule has 6 nitrogen and oxygen atoms in total. The molecule has 1 aromatic carbocycles. The third-order valence-corrected chi connectivity index (χ3v) is 4.91. The van der Waals surface area contributed by atoms with Gasteiger partial charge in [0.15, 0.2) is 5.13 Å². The minimum Gasteiger partial charge on any atom is -0.406 e. The highest BCUT2D eigenvalue weighted by atomic mass is 32.1. The number of hydrogen-bond acceptors (Lipinski definition) is 5. The zero-order valence-corrected chi connectivity index (χ0v) is 15.1. The van der Waals surface area contributed by atoms with Gasteiger partial charge in [-0.2, -0.15) is 0 Å². The second kappa shape index (κ2) is 8.13. The van der Waals surface area contributed by atoms with E-state index in [9.17, 15) is 18.0 Å². The number of carbonyl (C=O) groups excluding carboxylic acids is 1. The zero-order chi connectivity index (χ0) is 19.4. The van der Waals surface area contributed by atoms with Crippen LogP contribution in [0.5, 0.6) is 5.75 Å². The molecule has 0 saturated carbocycles. The summed E-state index contributed by atoms with van der Waals surface area (Å²) in [6.45, 7) is 4.81. The minimum atomic E-state index is -4.77. The smallest absolute Gasteiger partial charge is 0.406 e. The fraction of sp³-hybridized carbons (Fsp3) is 0.412. The molecule has 1 unspecified atom stereocenters. The lowest BCUT2D eigenvalue weighted by Crippen LogP contribution is -2.44. The molecule has 2 amide bonds. The molecule has 10 heteroatoms. The van der Waals surface area contributed by atoms with Gasteiger partial charge >= 0.3 is 12.4 Å². The molecule has 3 rings (SSSR count). The molecule has 1 saturated heterocycles. The number of ether oxygens (including phenoxy) is 2. The number of benzene rings is 1. The van der Waals surface area contributed by atoms with Crippen LogP contribution >= 0.6 is 11.3 Å². The highest BCUT2D eigenvalue weighted by molar-refractivity contribution is 7.22. The molecule has 0 spiro atoms. The summed E-state index contributed by atoms with van der Waals surface area (Å²) in [5, 5.41) is 3.08. The number of nitrogens with zero attached hydrogens (tertiary/aromatic N) is 2. The van der Waals surface area contributed by atoms with Gasteiger partial charge in [0, 0.05) is 19.2 Å². The zero-order valence-electron chi connectivity index (χ0n) is 14.3. The Morgan fingerprint density at radius 3 is 3.00 bits per heavy atom. The summed E-state index contributed by atoms with van der Waals surface area (Å²) >= 11 is 1.12. The quantitative estimate of drug-likeness (QED) is 0.741. The summed E-state index contributed by atoms with van der Waals surface area (Å²) in [4.78, 5) is 18.4. The van der Waals surface area contributed by atoms with Crippen LogP contribution in [0.4, 0.5) is 23.1 Å². The molecule has 146 valence electrons. The molecule has 0 aliphatic carbocycles. The van der Waals surface area contributed by atoms with E-state index in [0.717, 1.165) is 24.2 Å². The number of anilines is 1. The van der Waals surface area contributed by atoms with Crippen LogP contribution in [-0.2, 0) is 4.74 Å². The van der Waals surface area contributed by atoms with E-state index >= 15 is 0 Å². The van der Waals surface area contributed by atoms with E-state index in [0.29, 0.717) is 28.5 Å². The van der Waals surface area contributed by atoms with E-state index in [2.05, 4.69) is 21.6 Å². The van der Waals surface area contributed by atoms with Crippen molar-refractivity contribution in [2.24, 2.45) is 0 Å². The van der Waals surface area contributed by atoms with Crippen molar-refractivity contribution in [3.63, 3.8) is 0 Å². The van der Waals surface area contributed by atoms with E-state index in [1.54, 1.807) is 6.08 Å². The molecule has 0 bridgehead atoms. The number of carbonyl (C=O) groups is 1. The van der Waals surface area contributed by atoms with Gasteiger partial charge in [-0.05, 0) is 25.0 Å². The lowest BCUT2D eigenvalue weighted by atomic mass is 10.2. The van der Waals surface area contributed by atoms with E-state index in [4.69, 9.17) is 4.74 Å². The van der Waals surface area contributed by atoms with Crippen LogP contribution < -0.4 is 15.0 Å². The van der Waals surface area contributed by atoms with Crippen molar-refractivity contribution < 1.29 is 27.4 Å². The molecule has 1 atom stereocenters. The first kappa shape index (κ1) is 19.4. The summed E-state index contributed by atoms with van der Waals surface area (Å²) in [6, 6.07) is 3.52. The van der Waals surface area contributed by atoms with Gasteiger partial charge in [0.05, 0.1) is 22.9 Å². The predicted molar refractivity (Wildman–Crippen MR) is 96.2 cm³/mol. The maximum absolute atomic E-state index is 12.5. The number of rotatable bonds is 6. The van der Waals surface area contributed by atoms with Gasteiger partial charge in [-0.25, -0.2) is 9.78 Å². The van der Waals surface area contributed by atoms with Crippen molar-refractivity contribution in [1.29, 1.82) is 0 Å². The monoisotopic (exact) mass is 401 g/mol. The van der Waals surface area contributed by atoms with Gasteiger partial charge in [-0.15, -0.1) is 19.8 Å².